The zero-order valence-corrected chi connectivity index (χ0v) is 19.4. The molecule has 1 spiro atoms. The molecule has 2 amide bonds. The van der Waals surface area contributed by atoms with E-state index in [0.717, 1.165) is 0 Å². The van der Waals surface area contributed by atoms with E-state index in [0.29, 0.717) is 38.8 Å². The molecule has 2 unspecified atom stereocenters. The molecular formula is C24H36N2O6. The van der Waals surface area contributed by atoms with E-state index in [1.54, 1.807) is 15.9 Å². The molecule has 3 rings (SSSR count). The monoisotopic (exact) mass is 448 g/mol. The van der Waals surface area contributed by atoms with E-state index in [2.05, 4.69) is 13.2 Å². The predicted molar refractivity (Wildman–Crippen MR) is 118 cm³/mol. The molecule has 0 aromatic carbocycles. The Morgan fingerprint density at radius 1 is 1.31 bits per heavy atom. The van der Waals surface area contributed by atoms with Crippen molar-refractivity contribution in [1.29, 1.82) is 0 Å². The molecule has 178 valence electrons. The van der Waals surface area contributed by atoms with Crippen LogP contribution in [0.3, 0.4) is 0 Å². The number of carbonyl (C=O) groups is 3. The Morgan fingerprint density at radius 2 is 2.03 bits per heavy atom. The van der Waals surface area contributed by atoms with E-state index in [-0.39, 0.29) is 25.0 Å². The van der Waals surface area contributed by atoms with Gasteiger partial charge in [0.2, 0.25) is 11.8 Å². The number of aliphatic hydroxyl groups is 1. The number of nitrogens with zero attached hydrogens (tertiary/aromatic N) is 2. The van der Waals surface area contributed by atoms with Crippen molar-refractivity contribution in [3.8, 4) is 0 Å². The van der Waals surface area contributed by atoms with Gasteiger partial charge < -0.3 is 24.4 Å². The van der Waals surface area contributed by atoms with Gasteiger partial charge in [-0.05, 0) is 46.5 Å². The van der Waals surface area contributed by atoms with Gasteiger partial charge in [0.15, 0.2) is 0 Å². The Hall–Kier alpha value is -2.19. The minimum Gasteiger partial charge on any atom is -0.461 e. The normalized spacial score (nSPS) is 30.9. The summed E-state index contributed by atoms with van der Waals surface area (Å²) in [6, 6.07) is -0.819. The second-order valence-corrected chi connectivity index (χ2v) is 9.85. The molecule has 2 bridgehead atoms. The lowest BCUT2D eigenvalue weighted by Crippen LogP contribution is -2.59. The maximum absolute atomic E-state index is 14.0. The third-order valence-corrected chi connectivity index (χ3v) is 6.84. The van der Waals surface area contributed by atoms with E-state index in [1.165, 1.54) is 6.08 Å². The standard InChI is InChI=1S/C24H36N2O6/c1-6-12-26(23(3,4)5)21(29)19-24-11-10-16(32-24)17(22(30)31-15-7-2)18(24)20(28)25(19)13-8-9-14-27/h6-7,16-19,27H,1-2,8-15H2,3-5H3/t16-,17+,18-,19?,24?/m0/s1. The number of esters is 1. The van der Waals surface area contributed by atoms with Crippen molar-refractivity contribution in [2.75, 3.05) is 26.3 Å². The average molecular weight is 449 g/mol. The van der Waals surface area contributed by atoms with Crippen LogP contribution >= 0.6 is 0 Å². The third-order valence-electron chi connectivity index (χ3n) is 6.84. The molecule has 3 aliphatic rings. The number of likely N-dealkylation sites (tertiary alicyclic amines) is 1. The average Bonchev–Trinajstić information content (AvgIpc) is 3.37. The molecule has 3 aliphatic heterocycles. The van der Waals surface area contributed by atoms with Gasteiger partial charge in [0, 0.05) is 25.2 Å². The lowest BCUT2D eigenvalue weighted by Gasteiger charge is -2.42. The van der Waals surface area contributed by atoms with Crippen LogP contribution in [0.4, 0.5) is 0 Å². The smallest absolute Gasteiger partial charge is 0.312 e. The highest BCUT2D eigenvalue weighted by molar-refractivity contribution is 5.98. The number of hydrogen-bond donors (Lipinski definition) is 1. The number of hydrogen-bond acceptors (Lipinski definition) is 6. The van der Waals surface area contributed by atoms with Crippen molar-refractivity contribution in [1.82, 2.24) is 9.80 Å². The van der Waals surface area contributed by atoms with Crippen molar-refractivity contribution in [3.05, 3.63) is 25.3 Å². The Labute approximate surface area is 190 Å². The van der Waals surface area contributed by atoms with Crippen LogP contribution < -0.4 is 0 Å². The van der Waals surface area contributed by atoms with E-state index in [1.807, 2.05) is 20.8 Å². The summed E-state index contributed by atoms with van der Waals surface area (Å²) in [4.78, 5) is 43.8. The fraction of sp³-hybridized carbons (Fsp3) is 0.708. The highest BCUT2D eigenvalue weighted by Gasteiger charge is 2.75. The van der Waals surface area contributed by atoms with E-state index in [4.69, 9.17) is 9.47 Å². The lowest BCUT2D eigenvalue weighted by atomic mass is 9.70. The summed E-state index contributed by atoms with van der Waals surface area (Å²) in [5.74, 6) is -2.38. The molecule has 0 radical (unpaired) electrons. The Bertz CT molecular complexity index is 775. The maximum atomic E-state index is 14.0. The van der Waals surface area contributed by atoms with Crippen LogP contribution in [0.1, 0.15) is 46.5 Å². The first kappa shape index (κ1) is 24.5. The van der Waals surface area contributed by atoms with Crippen LogP contribution in [-0.2, 0) is 23.9 Å². The fourth-order valence-corrected chi connectivity index (χ4v) is 5.54. The van der Waals surface area contributed by atoms with Crippen molar-refractivity contribution in [2.45, 2.75) is 69.7 Å². The minimum absolute atomic E-state index is 0.00880. The van der Waals surface area contributed by atoms with Crippen molar-refractivity contribution >= 4 is 17.8 Å². The number of fused-ring (bicyclic) bond motifs is 1. The molecule has 32 heavy (non-hydrogen) atoms. The second-order valence-electron chi connectivity index (χ2n) is 9.85. The molecule has 3 fully saturated rings. The van der Waals surface area contributed by atoms with Gasteiger partial charge >= 0.3 is 5.97 Å². The first-order valence-corrected chi connectivity index (χ1v) is 11.4. The van der Waals surface area contributed by atoms with Gasteiger partial charge in [-0.15, -0.1) is 6.58 Å². The Kier molecular flexibility index (Phi) is 7.15. The zero-order chi connectivity index (χ0) is 23.7. The van der Waals surface area contributed by atoms with E-state index >= 15 is 0 Å². The van der Waals surface area contributed by atoms with E-state index in [9.17, 15) is 19.5 Å². The first-order chi connectivity index (χ1) is 15.1. The molecular weight excluding hydrogens is 412 g/mol. The van der Waals surface area contributed by atoms with Gasteiger partial charge in [0.25, 0.3) is 0 Å². The molecule has 1 N–H and O–H groups in total. The number of rotatable bonds is 10. The van der Waals surface area contributed by atoms with Crippen LogP contribution in [-0.4, -0.2) is 82.3 Å². The summed E-state index contributed by atoms with van der Waals surface area (Å²) in [6.45, 7) is 13.9. The highest BCUT2D eigenvalue weighted by Crippen LogP contribution is 2.59. The molecule has 3 saturated heterocycles. The molecule has 8 heteroatoms. The largest absolute Gasteiger partial charge is 0.461 e. The summed E-state index contributed by atoms with van der Waals surface area (Å²) in [6.07, 6.45) is 4.95. The zero-order valence-electron chi connectivity index (χ0n) is 19.4. The number of amides is 2. The first-order valence-electron chi connectivity index (χ1n) is 11.4. The van der Waals surface area contributed by atoms with Gasteiger partial charge in [-0.25, -0.2) is 0 Å². The Balaban J connectivity index is 2.01. The maximum Gasteiger partial charge on any atom is 0.312 e. The van der Waals surface area contributed by atoms with Crippen LogP contribution in [0.2, 0.25) is 0 Å². The van der Waals surface area contributed by atoms with Crippen LogP contribution in [0, 0.1) is 11.8 Å². The summed E-state index contributed by atoms with van der Waals surface area (Å²) < 4.78 is 11.7. The summed E-state index contributed by atoms with van der Waals surface area (Å²) in [7, 11) is 0. The number of carbonyl (C=O) groups excluding carboxylic acids is 3. The molecule has 0 aliphatic carbocycles. The molecule has 8 nitrogen and oxygen atoms in total. The molecule has 0 saturated carbocycles. The quantitative estimate of drug-likeness (QED) is 0.310. The van der Waals surface area contributed by atoms with Gasteiger partial charge in [-0.3, -0.25) is 14.4 Å². The van der Waals surface area contributed by atoms with Gasteiger partial charge in [-0.1, -0.05) is 18.7 Å². The predicted octanol–water partition coefficient (Wildman–Crippen LogP) is 1.68. The van der Waals surface area contributed by atoms with Crippen molar-refractivity contribution in [2.24, 2.45) is 11.8 Å². The Morgan fingerprint density at radius 3 is 2.62 bits per heavy atom. The molecule has 3 heterocycles. The van der Waals surface area contributed by atoms with Crippen molar-refractivity contribution < 1.29 is 29.0 Å². The lowest BCUT2D eigenvalue weighted by molar-refractivity contribution is -0.155. The van der Waals surface area contributed by atoms with Gasteiger partial charge in [-0.2, -0.15) is 0 Å². The summed E-state index contributed by atoms with van der Waals surface area (Å²) >= 11 is 0. The summed E-state index contributed by atoms with van der Waals surface area (Å²) in [5.41, 5.74) is -1.53. The molecule has 5 atom stereocenters. The van der Waals surface area contributed by atoms with Crippen LogP contribution in [0.5, 0.6) is 0 Å². The summed E-state index contributed by atoms with van der Waals surface area (Å²) in [5, 5.41) is 9.22. The van der Waals surface area contributed by atoms with Crippen molar-refractivity contribution in [3.63, 3.8) is 0 Å². The highest BCUT2D eigenvalue weighted by atomic mass is 16.6. The molecule has 0 aromatic heterocycles. The SMILES string of the molecule is C=CCOC(=O)[C@@H]1[C@@H]2CCC3(O2)C(C(=O)N(CC=C)C(C)(C)C)N(CCCCO)C(=O)[C@H]13. The van der Waals surface area contributed by atoms with Gasteiger partial charge in [0.05, 0.1) is 17.9 Å². The second kappa shape index (κ2) is 9.35. The van der Waals surface area contributed by atoms with E-state index < -0.39 is 41.1 Å². The number of unbranched alkanes of at least 4 members (excludes halogenated alkanes) is 1. The van der Waals surface area contributed by atoms with Gasteiger partial charge in [0.1, 0.15) is 18.2 Å². The number of ether oxygens (including phenoxy) is 2. The fourth-order valence-electron chi connectivity index (χ4n) is 5.54. The third kappa shape index (κ3) is 3.99. The topological polar surface area (TPSA) is 96.4 Å². The minimum atomic E-state index is -1.04. The number of aliphatic hydroxyl groups excluding tert-OH is 1. The van der Waals surface area contributed by atoms with Crippen LogP contribution in [0.15, 0.2) is 25.3 Å². The van der Waals surface area contributed by atoms with Crippen LogP contribution in [0.25, 0.3) is 0 Å². The molecule has 0 aromatic rings.